The van der Waals surface area contributed by atoms with Gasteiger partial charge in [0.25, 0.3) is 0 Å². The van der Waals surface area contributed by atoms with Crippen LogP contribution >= 0.6 is 0 Å². The van der Waals surface area contributed by atoms with Gasteiger partial charge in [0, 0.05) is 46.5 Å². The van der Waals surface area contributed by atoms with Crippen molar-refractivity contribution in [3.63, 3.8) is 0 Å². The van der Waals surface area contributed by atoms with Gasteiger partial charge in [0.1, 0.15) is 0 Å². The first-order valence-corrected chi connectivity index (χ1v) is 10.7. The first-order valence-electron chi connectivity index (χ1n) is 8.76. The zero-order chi connectivity index (χ0) is 16.7. The lowest BCUT2D eigenvalue weighted by atomic mass is 10.0. The van der Waals surface area contributed by atoms with E-state index in [4.69, 9.17) is 19.0 Å². The zero-order valence-corrected chi connectivity index (χ0v) is 16.2. The summed E-state index contributed by atoms with van der Waals surface area (Å²) in [7, 11) is 2.57. The second-order valence-electron chi connectivity index (χ2n) is 5.83. The number of unbranched alkanes of at least 4 members (excludes halogenated alkanes) is 5. The molecular formula is C16H38N2O3Si. The van der Waals surface area contributed by atoms with Crippen molar-refractivity contribution in [1.82, 2.24) is 5.32 Å². The number of hydrogen-bond acceptors (Lipinski definition) is 5. The second kappa shape index (κ2) is 14.6. The van der Waals surface area contributed by atoms with Crippen LogP contribution in [0.2, 0.25) is 6.04 Å². The first-order chi connectivity index (χ1) is 10.7. The Kier molecular flexibility index (Phi) is 14.6. The predicted octanol–water partition coefficient (Wildman–Crippen LogP) is 2.92. The summed E-state index contributed by atoms with van der Waals surface area (Å²) >= 11 is 0. The fraction of sp³-hybridized carbons (Fsp3) is 1.00. The summed E-state index contributed by atoms with van der Waals surface area (Å²) in [6.07, 6.45) is 10.2. The molecule has 0 aliphatic rings. The third kappa shape index (κ3) is 9.92. The molecule has 1 atom stereocenters. The van der Waals surface area contributed by atoms with E-state index >= 15 is 0 Å². The van der Waals surface area contributed by atoms with Crippen LogP contribution in [0.3, 0.4) is 0 Å². The predicted molar refractivity (Wildman–Crippen MR) is 95.0 cm³/mol. The topological polar surface area (TPSA) is 65.7 Å². The van der Waals surface area contributed by atoms with E-state index in [2.05, 4.69) is 12.2 Å². The van der Waals surface area contributed by atoms with Crippen LogP contribution in [0.4, 0.5) is 0 Å². The van der Waals surface area contributed by atoms with Gasteiger partial charge in [-0.05, 0) is 12.8 Å². The highest BCUT2D eigenvalue weighted by Gasteiger charge is 2.37. The highest BCUT2D eigenvalue weighted by Crippen LogP contribution is 2.19. The molecule has 0 heterocycles. The second-order valence-corrected chi connectivity index (χ2v) is 8.92. The normalized spacial score (nSPS) is 13.5. The molecule has 0 aromatic rings. The van der Waals surface area contributed by atoms with Gasteiger partial charge in [0.15, 0.2) is 0 Å². The Morgan fingerprint density at radius 1 is 0.909 bits per heavy atom. The van der Waals surface area contributed by atoms with E-state index in [9.17, 15) is 0 Å². The molecule has 0 amide bonds. The monoisotopic (exact) mass is 334 g/mol. The summed E-state index contributed by atoms with van der Waals surface area (Å²) in [5.74, 6) is 0. The van der Waals surface area contributed by atoms with E-state index in [0.29, 0.717) is 12.6 Å². The van der Waals surface area contributed by atoms with Crippen LogP contribution in [-0.2, 0) is 13.3 Å². The van der Waals surface area contributed by atoms with E-state index < -0.39 is 8.80 Å². The Balaban J connectivity index is 4.10. The molecule has 0 saturated heterocycles. The third-order valence-corrected chi connectivity index (χ3v) is 6.98. The van der Waals surface area contributed by atoms with Gasteiger partial charge in [0.05, 0.1) is 0 Å². The van der Waals surface area contributed by atoms with Crippen molar-refractivity contribution in [1.29, 1.82) is 0 Å². The summed E-state index contributed by atoms with van der Waals surface area (Å²) in [5, 5.41) is 3.55. The van der Waals surface area contributed by atoms with Crippen molar-refractivity contribution in [3.8, 4) is 0 Å². The summed E-state index contributed by atoms with van der Waals surface area (Å²) in [6.45, 7) is 3.79. The van der Waals surface area contributed by atoms with E-state index in [0.717, 1.165) is 19.0 Å². The Hall–Kier alpha value is 0.0169. The largest absolute Gasteiger partial charge is 0.500 e. The highest BCUT2D eigenvalue weighted by atomic mass is 28.4. The van der Waals surface area contributed by atoms with Crippen LogP contribution < -0.4 is 11.1 Å². The van der Waals surface area contributed by atoms with Crippen molar-refractivity contribution in [3.05, 3.63) is 0 Å². The summed E-state index contributed by atoms with van der Waals surface area (Å²) in [6, 6.07) is 1.32. The molecule has 0 radical (unpaired) electrons. The van der Waals surface area contributed by atoms with Crippen LogP contribution in [0.15, 0.2) is 0 Å². The smallest absolute Gasteiger partial charge is 0.377 e. The molecule has 0 saturated carbocycles. The highest BCUT2D eigenvalue weighted by molar-refractivity contribution is 6.60. The lowest BCUT2D eigenvalue weighted by Gasteiger charge is -2.27. The zero-order valence-electron chi connectivity index (χ0n) is 15.2. The van der Waals surface area contributed by atoms with Gasteiger partial charge < -0.3 is 24.3 Å². The van der Waals surface area contributed by atoms with Gasteiger partial charge in [-0.2, -0.15) is 0 Å². The van der Waals surface area contributed by atoms with Gasteiger partial charge in [-0.1, -0.05) is 45.4 Å². The van der Waals surface area contributed by atoms with Crippen molar-refractivity contribution in [2.24, 2.45) is 5.73 Å². The molecule has 1 unspecified atom stereocenters. The molecule has 0 rings (SSSR count). The molecule has 6 heteroatoms. The molecule has 134 valence electrons. The summed E-state index contributed by atoms with van der Waals surface area (Å²) in [4.78, 5) is 0. The van der Waals surface area contributed by atoms with Gasteiger partial charge in [0.2, 0.25) is 0 Å². The summed E-state index contributed by atoms with van der Waals surface area (Å²) < 4.78 is 16.5. The van der Waals surface area contributed by atoms with Crippen molar-refractivity contribution < 1.29 is 13.3 Å². The Bertz CT molecular complexity index is 233. The number of hydrogen-bond donors (Lipinski definition) is 2. The third-order valence-electron chi connectivity index (χ3n) is 4.22. The van der Waals surface area contributed by atoms with Crippen molar-refractivity contribution in [2.75, 3.05) is 34.4 Å². The van der Waals surface area contributed by atoms with Gasteiger partial charge in [-0.15, -0.1) is 0 Å². The maximum atomic E-state index is 5.62. The van der Waals surface area contributed by atoms with Gasteiger partial charge in [-0.3, -0.25) is 0 Å². The molecule has 0 aromatic carbocycles. The van der Waals surface area contributed by atoms with E-state index in [1.165, 1.54) is 44.9 Å². The van der Waals surface area contributed by atoms with Crippen LogP contribution in [0, 0.1) is 0 Å². The van der Waals surface area contributed by atoms with Gasteiger partial charge >= 0.3 is 8.80 Å². The molecule has 0 aliphatic heterocycles. The molecular weight excluding hydrogens is 296 g/mol. The maximum absolute atomic E-state index is 5.62. The molecule has 0 aliphatic carbocycles. The molecule has 0 spiro atoms. The van der Waals surface area contributed by atoms with Crippen LogP contribution in [0.25, 0.3) is 0 Å². The lowest BCUT2D eigenvalue weighted by Crippen LogP contribution is -2.44. The Labute approximate surface area is 138 Å². The Morgan fingerprint density at radius 2 is 1.50 bits per heavy atom. The SMILES string of the molecule is CCCCCCCCC(CC[Si](OC)(OC)OC)NCCN. The van der Waals surface area contributed by atoms with Crippen LogP contribution in [0.1, 0.15) is 58.3 Å². The standard InChI is InChI=1S/C16H38N2O3Si/c1-5-6-7-8-9-10-11-16(18-14-13-17)12-15-22(19-2,20-3)21-4/h16,18H,5-15,17H2,1-4H3. The van der Waals surface area contributed by atoms with E-state index in [1.807, 2.05) is 0 Å². The van der Waals surface area contributed by atoms with E-state index in [-0.39, 0.29) is 0 Å². The minimum atomic E-state index is -2.46. The van der Waals surface area contributed by atoms with Crippen LogP contribution in [-0.4, -0.2) is 49.3 Å². The van der Waals surface area contributed by atoms with E-state index in [1.54, 1.807) is 21.3 Å². The van der Waals surface area contributed by atoms with Gasteiger partial charge in [-0.25, -0.2) is 0 Å². The average molecular weight is 335 g/mol. The number of nitrogens with one attached hydrogen (secondary N) is 1. The fourth-order valence-electron chi connectivity index (χ4n) is 2.71. The minimum absolute atomic E-state index is 0.474. The van der Waals surface area contributed by atoms with Crippen molar-refractivity contribution >= 4 is 8.80 Å². The Morgan fingerprint density at radius 3 is 2.05 bits per heavy atom. The first kappa shape index (κ1) is 22.0. The molecule has 0 aromatic heterocycles. The molecule has 22 heavy (non-hydrogen) atoms. The lowest BCUT2D eigenvalue weighted by molar-refractivity contribution is 0.121. The maximum Gasteiger partial charge on any atom is 0.500 e. The van der Waals surface area contributed by atoms with Crippen LogP contribution in [0.5, 0.6) is 0 Å². The number of rotatable bonds is 16. The molecule has 0 fully saturated rings. The van der Waals surface area contributed by atoms with Crippen molar-refractivity contribution in [2.45, 2.75) is 70.4 Å². The quantitative estimate of drug-likeness (QED) is 0.336. The minimum Gasteiger partial charge on any atom is -0.377 e. The molecule has 3 N–H and O–H groups in total. The molecule has 5 nitrogen and oxygen atoms in total. The molecule has 0 bridgehead atoms. The fourth-order valence-corrected chi connectivity index (χ4v) is 4.53. The number of nitrogens with two attached hydrogens (primary N) is 1. The average Bonchev–Trinajstić information content (AvgIpc) is 2.56. The summed E-state index contributed by atoms with van der Waals surface area (Å²) in [5.41, 5.74) is 5.62.